The standard InChI is InChI=1S/C24H24BrN3O2/c25-15-4-6-17(7-5-15)28-23(30)21-19-9-8-18(24(19)11-12-24)20(21)22(29)27-14-10-16-3-1-2-13-26-16/h1-9,13,18-21H,10-12,14H2,(H,27,29)(H,28,30)/t18-,19+,20-,21-/m1/s1. The highest BCUT2D eigenvalue weighted by atomic mass is 79.9. The van der Waals surface area contributed by atoms with Crippen LogP contribution in [0.2, 0.25) is 0 Å². The second-order valence-electron chi connectivity index (χ2n) is 8.58. The van der Waals surface area contributed by atoms with Crippen molar-refractivity contribution in [2.24, 2.45) is 29.1 Å². The Labute approximate surface area is 184 Å². The highest BCUT2D eigenvalue weighted by Gasteiger charge is 2.69. The lowest BCUT2D eigenvalue weighted by Crippen LogP contribution is -2.42. The van der Waals surface area contributed by atoms with Crippen molar-refractivity contribution in [3.8, 4) is 0 Å². The van der Waals surface area contributed by atoms with Crippen LogP contribution in [0.15, 0.2) is 65.3 Å². The zero-order valence-electron chi connectivity index (χ0n) is 16.6. The number of rotatable bonds is 6. The Morgan fingerprint density at radius 1 is 1.00 bits per heavy atom. The van der Waals surface area contributed by atoms with Gasteiger partial charge in [-0.1, -0.05) is 34.1 Å². The lowest BCUT2D eigenvalue weighted by atomic mass is 9.81. The Bertz CT molecular complexity index is 985. The predicted molar refractivity (Wildman–Crippen MR) is 118 cm³/mol. The van der Waals surface area contributed by atoms with Gasteiger partial charge in [0.2, 0.25) is 11.8 Å². The summed E-state index contributed by atoms with van der Waals surface area (Å²) in [5.74, 6) is -0.361. The molecule has 1 aromatic carbocycles. The molecule has 5 nitrogen and oxygen atoms in total. The number of anilines is 1. The molecule has 154 valence electrons. The number of benzene rings is 1. The molecule has 2 bridgehead atoms. The zero-order valence-corrected chi connectivity index (χ0v) is 18.1. The number of aromatic nitrogens is 1. The molecular formula is C24H24BrN3O2. The minimum absolute atomic E-state index is 0.00925. The molecule has 30 heavy (non-hydrogen) atoms. The Balaban J connectivity index is 1.30. The van der Waals surface area contributed by atoms with Crippen LogP contribution in [0.1, 0.15) is 18.5 Å². The third-order valence-electron chi connectivity index (χ3n) is 6.97. The second-order valence-corrected chi connectivity index (χ2v) is 9.50. The number of carbonyl (C=O) groups is 2. The summed E-state index contributed by atoms with van der Waals surface area (Å²) in [5, 5.41) is 6.13. The van der Waals surface area contributed by atoms with E-state index in [1.165, 1.54) is 0 Å². The first-order chi connectivity index (χ1) is 14.6. The van der Waals surface area contributed by atoms with Crippen LogP contribution in [0.25, 0.3) is 0 Å². The zero-order chi connectivity index (χ0) is 20.7. The minimum atomic E-state index is -0.319. The molecule has 1 spiro atoms. The van der Waals surface area contributed by atoms with E-state index in [4.69, 9.17) is 0 Å². The lowest BCUT2D eigenvalue weighted by molar-refractivity contribution is -0.132. The van der Waals surface area contributed by atoms with Crippen LogP contribution >= 0.6 is 15.9 Å². The molecule has 1 aromatic heterocycles. The van der Waals surface area contributed by atoms with Crippen LogP contribution in [0.4, 0.5) is 5.69 Å². The van der Waals surface area contributed by atoms with Gasteiger partial charge in [0.05, 0.1) is 11.8 Å². The number of nitrogens with zero attached hydrogens (tertiary/aromatic N) is 1. The number of halogens is 1. The largest absolute Gasteiger partial charge is 0.355 e. The van der Waals surface area contributed by atoms with Gasteiger partial charge in [0.15, 0.2) is 0 Å². The first-order valence-electron chi connectivity index (χ1n) is 10.5. The maximum Gasteiger partial charge on any atom is 0.228 e. The van der Waals surface area contributed by atoms with Crippen molar-refractivity contribution in [2.75, 3.05) is 11.9 Å². The van der Waals surface area contributed by atoms with Crippen molar-refractivity contribution in [3.05, 3.63) is 71.0 Å². The van der Waals surface area contributed by atoms with E-state index in [1.807, 2.05) is 42.5 Å². The van der Waals surface area contributed by atoms with Crippen molar-refractivity contribution in [3.63, 3.8) is 0 Å². The average Bonchev–Trinajstić information content (AvgIpc) is 3.42. The highest BCUT2D eigenvalue weighted by molar-refractivity contribution is 9.10. The Morgan fingerprint density at radius 2 is 1.70 bits per heavy atom. The van der Waals surface area contributed by atoms with Crippen LogP contribution in [0.5, 0.6) is 0 Å². The van der Waals surface area contributed by atoms with Gasteiger partial charge in [-0.2, -0.15) is 0 Å². The molecule has 2 N–H and O–H groups in total. The number of nitrogens with one attached hydrogen (secondary N) is 2. The molecule has 2 aromatic rings. The van der Waals surface area contributed by atoms with Crippen LogP contribution in [0, 0.1) is 29.1 Å². The van der Waals surface area contributed by atoms with E-state index < -0.39 is 0 Å². The van der Waals surface area contributed by atoms with Gasteiger partial charge in [-0.15, -0.1) is 0 Å². The summed E-state index contributed by atoms with van der Waals surface area (Å²) < 4.78 is 0.963. The number of allylic oxidation sites excluding steroid dienone is 2. The molecule has 2 fully saturated rings. The number of carbonyl (C=O) groups excluding carboxylic acids is 2. The van der Waals surface area contributed by atoms with Crippen LogP contribution in [-0.4, -0.2) is 23.3 Å². The summed E-state index contributed by atoms with van der Waals surface area (Å²) in [6.45, 7) is 0.529. The van der Waals surface area contributed by atoms with E-state index in [1.54, 1.807) is 6.20 Å². The molecule has 2 amide bonds. The monoisotopic (exact) mass is 465 g/mol. The topological polar surface area (TPSA) is 71.1 Å². The summed E-state index contributed by atoms with van der Waals surface area (Å²) in [5.41, 5.74) is 1.84. The van der Waals surface area contributed by atoms with E-state index in [-0.39, 0.29) is 40.9 Å². The molecular weight excluding hydrogens is 442 g/mol. The molecule has 3 aliphatic carbocycles. The number of pyridine rings is 1. The minimum Gasteiger partial charge on any atom is -0.355 e. The normalized spacial score (nSPS) is 27.2. The van der Waals surface area contributed by atoms with Crippen LogP contribution in [0.3, 0.4) is 0 Å². The van der Waals surface area contributed by atoms with E-state index in [0.29, 0.717) is 13.0 Å². The molecule has 2 saturated carbocycles. The Morgan fingerprint density at radius 3 is 2.33 bits per heavy atom. The number of hydrogen-bond donors (Lipinski definition) is 2. The van der Waals surface area contributed by atoms with Gasteiger partial charge in [0, 0.05) is 35.0 Å². The molecule has 0 radical (unpaired) electrons. The fourth-order valence-electron chi connectivity index (χ4n) is 5.45. The Hall–Kier alpha value is -2.47. The van der Waals surface area contributed by atoms with Crippen molar-refractivity contribution in [1.29, 1.82) is 0 Å². The number of hydrogen-bond acceptors (Lipinski definition) is 3. The molecule has 0 unspecified atom stereocenters. The molecule has 0 aliphatic heterocycles. The second kappa shape index (κ2) is 7.65. The highest BCUT2D eigenvalue weighted by Crippen LogP contribution is 2.72. The van der Waals surface area contributed by atoms with Gasteiger partial charge in [0.25, 0.3) is 0 Å². The molecule has 0 saturated heterocycles. The summed E-state index contributed by atoms with van der Waals surface area (Å²) in [7, 11) is 0. The van der Waals surface area contributed by atoms with Crippen LogP contribution < -0.4 is 10.6 Å². The molecule has 1 heterocycles. The summed E-state index contributed by atoms with van der Waals surface area (Å²) in [6, 6.07) is 13.3. The van der Waals surface area contributed by atoms with Crippen molar-refractivity contribution >= 4 is 33.4 Å². The summed E-state index contributed by atoms with van der Waals surface area (Å²) >= 11 is 3.42. The summed E-state index contributed by atoms with van der Waals surface area (Å²) in [4.78, 5) is 30.8. The Kier molecular flexibility index (Phi) is 4.97. The van der Waals surface area contributed by atoms with E-state index in [0.717, 1.165) is 28.7 Å². The van der Waals surface area contributed by atoms with Gasteiger partial charge in [0.1, 0.15) is 0 Å². The third kappa shape index (κ3) is 3.37. The van der Waals surface area contributed by atoms with Crippen molar-refractivity contribution < 1.29 is 9.59 Å². The average molecular weight is 466 g/mol. The fraction of sp³-hybridized carbons (Fsp3) is 0.375. The SMILES string of the molecule is O=C(NCCc1ccccn1)[C@H]1[C@H](C(=O)Nc2ccc(Br)cc2)[C@@H]2C=C[C@H]1C21CC1. The van der Waals surface area contributed by atoms with Gasteiger partial charge >= 0.3 is 0 Å². The van der Waals surface area contributed by atoms with Crippen molar-refractivity contribution in [1.82, 2.24) is 10.3 Å². The predicted octanol–water partition coefficient (Wildman–Crippen LogP) is 3.97. The van der Waals surface area contributed by atoms with Gasteiger partial charge < -0.3 is 10.6 Å². The molecule has 6 heteroatoms. The maximum atomic E-state index is 13.3. The molecule has 3 aliphatic rings. The van der Waals surface area contributed by atoms with Gasteiger partial charge in [-0.05, 0) is 66.5 Å². The fourth-order valence-corrected chi connectivity index (χ4v) is 5.71. The smallest absolute Gasteiger partial charge is 0.228 e. The van der Waals surface area contributed by atoms with E-state index >= 15 is 0 Å². The van der Waals surface area contributed by atoms with Gasteiger partial charge in [-0.25, -0.2) is 0 Å². The molecule has 4 atom stereocenters. The quantitative estimate of drug-likeness (QED) is 0.633. The summed E-state index contributed by atoms with van der Waals surface area (Å²) in [6.07, 6.45) is 9.02. The number of amides is 2. The van der Waals surface area contributed by atoms with Crippen LogP contribution in [-0.2, 0) is 16.0 Å². The first-order valence-corrected chi connectivity index (χ1v) is 11.3. The van der Waals surface area contributed by atoms with Crippen molar-refractivity contribution in [2.45, 2.75) is 19.3 Å². The van der Waals surface area contributed by atoms with Gasteiger partial charge in [-0.3, -0.25) is 14.6 Å². The lowest BCUT2D eigenvalue weighted by Gasteiger charge is -2.26. The third-order valence-corrected chi connectivity index (χ3v) is 7.49. The molecule has 5 rings (SSSR count). The van der Waals surface area contributed by atoms with E-state index in [9.17, 15) is 9.59 Å². The maximum absolute atomic E-state index is 13.3. The van der Waals surface area contributed by atoms with E-state index in [2.05, 4.69) is 43.7 Å². The first kappa shape index (κ1) is 19.5.